The van der Waals surface area contributed by atoms with Crippen LogP contribution in [0.5, 0.6) is 0 Å². The number of benzene rings is 2. The van der Waals surface area contributed by atoms with Crippen LogP contribution in [0.25, 0.3) is 11.0 Å². The Morgan fingerprint density at radius 3 is 2.76 bits per heavy atom. The van der Waals surface area contributed by atoms with Gasteiger partial charge in [0.1, 0.15) is 5.52 Å². The lowest BCUT2D eigenvalue weighted by Crippen LogP contribution is -2.57. The maximum Gasteiger partial charge on any atom is 0.240 e. The highest BCUT2D eigenvalue weighted by Crippen LogP contribution is 2.31. The van der Waals surface area contributed by atoms with Gasteiger partial charge < -0.3 is 15.1 Å². The van der Waals surface area contributed by atoms with E-state index in [1.807, 2.05) is 27.8 Å². The minimum absolute atomic E-state index is 0.0167. The minimum atomic E-state index is -0.0951. The number of fused-ring (bicyclic) bond motifs is 1. The minimum Gasteiger partial charge on any atom is -0.368 e. The Labute approximate surface area is 203 Å². The summed E-state index contributed by atoms with van der Waals surface area (Å²) < 4.78 is 1.91. The fourth-order valence-electron chi connectivity index (χ4n) is 4.99. The number of aromatic nitrogens is 3. The quantitative estimate of drug-likeness (QED) is 0.600. The Bertz CT molecular complexity index is 1170. The van der Waals surface area contributed by atoms with Crippen molar-refractivity contribution in [3.8, 4) is 0 Å². The van der Waals surface area contributed by atoms with E-state index in [2.05, 4.69) is 46.5 Å². The molecular formula is C24H28Cl2N6O. The number of carbonyl (C=O) groups is 1. The van der Waals surface area contributed by atoms with Crippen molar-refractivity contribution in [3.63, 3.8) is 0 Å². The van der Waals surface area contributed by atoms with Gasteiger partial charge in [-0.05, 0) is 69.1 Å². The number of anilines is 1. The third kappa shape index (κ3) is 4.29. The van der Waals surface area contributed by atoms with Crippen LogP contribution in [0.1, 0.15) is 38.3 Å². The van der Waals surface area contributed by atoms with E-state index >= 15 is 0 Å². The number of nitrogens with one attached hydrogen (secondary N) is 1. The van der Waals surface area contributed by atoms with Crippen molar-refractivity contribution < 1.29 is 4.79 Å². The molecule has 7 nitrogen and oxygen atoms in total. The Morgan fingerprint density at radius 2 is 2.03 bits per heavy atom. The van der Waals surface area contributed by atoms with Gasteiger partial charge in [-0.25, -0.2) is 4.68 Å². The first-order valence-corrected chi connectivity index (χ1v) is 12.3. The van der Waals surface area contributed by atoms with Crippen molar-refractivity contribution in [1.29, 1.82) is 0 Å². The van der Waals surface area contributed by atoms with Gasteiger partial charge in [-0.15, -0.1) is 5.10 Å². The van der Waals surface area contributed by atoms with Gasteiger partial charge in [0.05, 0.1) is 17.6 Å². The third-order valence-corrected chi connectivity index (χ3v) is 7.43. The molecule has 0 saturated carbocycles. The van der Waals surface area contributed by atoms with E-state index in [1.54, 1.807) is 6.07 Å². The van der Waals surface area contributed by atoms with Crippen LogP contribution in [0.15, 0.2) is 36.4 Å². The van der Waals surface area contributed by atoms with Crippen LogP contribution in [0.4, 0.5) is 5.69 Å². The Hall–Kier alpha value is -2.35. The predicted molar refractivity (Wildman–Crippen MR) is 132 cm³/mol. The molecule has 1 amide bonds. The molecule has 3 aromatic rings. The van der Waals surface area contributed by atoms with Crippen LogP contribution in [0.2, 0.25) is 10.0 Å². The molecule has 2 saturated heterocycles. The van der Waals surface area contributed by atoms with E-state index in [0.717, 1.165) is 61.3 Å². The average Bonchev–Trinajstić information content (AvgIpc) is 3.48. The van der Waals surface area contributed by atoms with Crippen molar-refractivity contribution in [2.45, 2.75) is 44.8 Å². The Kier molecular flexibility index (Phi) is 6.20. The number of rotatable bonds is 4. The molecule has 1 aromatic heterocycles. The lowest BCUT2D eigenvalue weighted by molar-refractivity contribution is -0.135. The SMILES string of the molecule is CC1CN(c2ccc3nnn([C@H](C)c4ccc(Cl)cc4Cl)c3c2)CCN1C(=O)C1CCCN1. The Balaban J connectivity index is 1.37. The van der Waals surface area contributed by atoms with Gasteiger partial charge in [-0.2, -0.15) is 0 Å². The smallest absolute Gasteiger partial charge is 0.240 e. The molecule has 0 bridgehead atoms. The molecule has 2 aliphatic rings. The molecule has 3 atom stereocenters. The summed E-state index contributed by atoms with van der Waals surface area (Å²) in [6.45, 7) is 7.45. The van der Waals surface area contributed by atoms with Crippen molar-refractivity contribution in [1.82, 2.24) is 25.2 Å². The first kappa shape index (κ1) is 22.4. The number of amides is 1. The second-order valence-electron chi connectivity index (χ2n) is 9.02. The number of carbonyl (C=O) groups excluding carboxylic acids is 1. The molecule has 0 spiro atoms. The molecule has 2 fully saturated rings. The zero-order valence-corrected chi connectivity index (χ0v) is 20.4. The number of hydrogen-bond acceptors (Lipinski definition) is 5. The number of nitrogens with zero attached hydrogens (tertiary/aromatic N) is 5. The van der Waals surface area contributed by atoms with Crippen LogP contribution in [0, 0.1) is 0 Å². The zero-order chi connectivity index (χ0) is 23.1. The molecular weight excluding hydrogens is 459 g/mol. The maximum absolute atomic E-state index is 12.9. The lowest BCUT2D eigenvalue weighted by Gasteiger charge is -2.42. The van der Waals surface area contributed by atoms with Gasteiger partial charge in [0, 0.05) is 41.4 Å². The fraction of sp³-hybridized carbons (Fsp3) is 0.458. The second-order valence-corrected chi connectivity index (χ2v) is 9.87. The van der Waals surface area contributed by atoms with Crippen LogP contribution < -0.4 is 10.2 Å². The molecule has 0 radical (unpaired) electrons. The molecule has 2 aromatic carbocycles. The van der Waals surface area contributed by atoms with E-state index in [1.165, 1.54) is 0 Å². The van der Waals surface area contributed by atoms with Crippen molar-refractivity contribution in [2.24, 2.45) is 0 Å². The molecule has 2 unspecified atom stereocenters. The average molecular weight is 487 g/mol. The molecule has 0 aliphatic carbocycles. The summed E-state index contributed by atoms with van der Waals surface area (Å²) in [6.07, 6.45) is 2.02. The number of piperazine rings is 1. The third-order valence-electron chi connectivity index (χ3n) is 6.87. The molecule has 33 heavy (non-hydrogen) atoms. The summed E-state index contributed by atoms with van der Waals surface area (Å²) in [4.78, 5) is 17.3. The number of hydrogen-bond donors (Lipinski definition) is 1. The van der Waals surface area contributed by atoms with E-state index < -0.39 is 0 Å². The zero-order valence-electron chi connectivity index (χ0n) is 18.8. The van der Waals surface area contributed by atoms with Crippen molar-refractivity contribution in [2.75, 3.05) is 31.1 Å². The van der Waals surface area contributed by atoms with Gasteiger partial charge >= 0.3 is 0 Å². The summed E-state index contributed by atoms with van der Waals surface area (Å²) in [5.74, 6) is 0.242. The van der Waals surface area contributed by atoms with Gasteiger partial charge in [0.2, 0.25) is 5.91 Å². The summed E-state index contributed by atoms with van der Waals surface area (Å²) >= 11 is 12.5. The lowest BCUT2D eigenvalue weighted by atomic mass is 10.1. The van der Waals surface area contributed by atoms with Crippen LogP contribution >= 0.6 is 23.2 Å². The molecule has 3 heterocycles. The van der Waals surface area contributed by atoms with Crippen LogP contribution in [0.3, 0.4) is 0 Å². The largest absolute Gasteiger partial charge is 0.368 e. The molecule has 9 heteroatoms. The first-order valence-electron chi connectivity index (χ1n) is 11.5. The van der Waals surface area contributed by atoms with Gasteiger partial charge in [-0.1, -0.05) is 34.5 Å². The summed E-state index contributed by atoms with van der Waals surface area (Å²) in [6, 6.07) is 11.8. The standard InChI is InChI=1S/C24H28Cl2N6O/c1-15-14-30(10-11-31(15)24(33)22-4-3-9-27-22)18-6-8-21-23(13-18)32(29-28-21)16(2)19-7-5-17(25)12-20(19)26/h5-8,12-13,15-16,22,27H,3-4,9-11,14H2,1-2H3/t15?,16-,22?/m1/s1. The van der Waals surface area contributed by atoms with Gasteiger partial charge in [-0.3, -0.25) is 4.79 Å². The number of halogens is 2. The molecule has 174 valence electrons. The topological polar surface area (TPSA) is 66.3 Å². The highest BCUT2D eigenvalue weighted by atomic mass is 35.5. The van der Waals surface area contributed by atoms with E-state index in [-0.39, 0.29) is 24.0 Å². The van der Waals surface area contributed by atoms with Crippen molar-refractivity contribution >= 4 is 45.8 Å². The second kappa shape index (κ2) is 9.12. The summed E-state index contributed by atoms with van der Waals surface area (Å²) in [5.41, 5.74) is 3.84. The highest BCUT2D eigenvalue weighted by molar-refractivity contribution is 6.35. The van der Waals surface area contributed by atoms with E-state index in [4.69, 9.17) is 23.2 Å². The molecule has 1 N–H and O–H groups in total. The highest BCUT2D eigenvalue weighted by Gasteiger charge is 2.33. The summed E-state index contributed by atoms with van der Waals surface area (Å²) in [7, 11) is 0. The van der Waals surface area contributed by atoms with E-state index in [0.29, 0.717) is 10.0 Å². The van der Waals surface area contributed by atoms with Crippen molar-refractivity contribution in [3.05, 3.63) is 52.0 Å². The Morgan fingerprint density at radius 1 is 1.18 bits per heavy atom. The molecule has 2 aliphatic heterocycles. The fourth-order valence-corrected chi connectivity index (χ4v) is 5.56. The van der Waals surface area contributed by atoms with Gasteiger partial charge in [0.25, 0.3) is 0 Å². The monoisotopic (exact) mass is 486 g/mol. The van der Waals surface area contributed by atoms with Crippen LogP contribution in [-0.2, 0) is 4.79 Å². The van der Waals surface area contributed by atoms with E-state index in [9.17, 15) is 4.79 Å². The predicted octanol–water partition coefficient (Wildman–Crippen LogP) is 4.14. The first-order chi connectivity index (χ1) is 15.9. The normalized spacial score (nSPS) is 22.2. The van der Waals surface area contributed by atoms with Gasteiger partial charge in [0.15, 0.2) is 0 Å². The molecule has 5 rings (SSSR count). The van der Waals surface area contributed by atoms with Crippen LogP contribution in [-0.4, -0.2) is 64.1 Å². The maximum atomic E-state index is 12.9. The summed E-state index contributed by atoms with van der Waals surface area (Å²) in [5, 5.41) is 13.3.